The third-order valence-corrected chi connectivity index (χ3v) is 3.48. The molecular formula is C10H11N3O6S. The lowest BCUT2D eigenvalue weighted by molar-refractivity contribution is -0.0553. The summed E-state index contributed by atoms with van der Waals surface area (Å²) in [4.78, 5) is 25.1. The van der Waals surface area contributed by atoms with E-state index in [0.29, 0.717) is 11.8 Å². The third kappa shape index (κ3) is 2.49. The number of nitrogens with one attached hydrogen (secondary N) is 1. The van der Waals surface area contributed by atoms with E-state index in [1.807, 2.05) is 4.98 Å². The number of nitrogens with zero attached hydrogens (tertiary/aromatic N) is 2. The average molecular weight is 301 g/mol. The molecule has 0 bridgehead atoms. The quantitative estimate of drug-likeness (QED) is 0.360. The molecule has 4 atom stereocenters. The minimum Gasteiger partial charge on any atom is -0.394 e. The van der Waals surface area contributed by atoms with Crippen molar-refractivity contribution in [2.45, 2.75) is 29.4 Å². The monoisotopic (exact) mass is 301 g/mol. The van der Waals surface area contributed by atoms with E-state index < -0.39 is 42.4 Å². The van der Waals surface area contributed by atoms with Gasteiger partial charge >= 0.3 is 5.69 Å². The van der Waals surface area contributed by atoms with Crippen LogP contribution in [0.15, 0.2) is 20.7 Å². The van der Waals surface area contributed by atoms with Crippen LogP contribution in [-0.2, 0) is 4.74 Å². The number of H-pyrrole nitrogens is 1. The van der Waals surface area contributed by atoms with Gasteiger partial charge < -0.3 is 20.1 Å². The van der Waals surface area contributed by atoms with Crippen molar-refractivity contribution in [3.8, 4) is 5.40 Å². The summed E-state index contributed by atoms with van der Waals surface area (Å²) in [6.07, 6.45) is -4.05. The summed E-state index contributed by atoms with van der Waals surface area (Å²) in [5.41, 5.74) is -1.59. The van der Waals surface area contributed by atoms with Crippen molar-refractivity contribution >= 4 is 11.8 Å². The predicted octanol–water partition coefficient (Wildman–Crippen LogP) is -2.28. The van der Waals surface area contributed by atoms with Gasteiger partial charge in [-0.3, -0.25) is 14.3 Å². The number of thiocyanates is 1. The van der Waals surface area contributed by atoms with Crippen LogP contribution in [-0.4, -0.2) is 49.8 Å². The van der Waals surface area contributed by atoms with Crippen LogP contribution in [0.1, 0.15) is 6.23 Å². The van der Waals surface area contributed by atoms with E-state index in [0.717, 1.165) is 10.8 Å². The fourth-order valence-electron chi connectivity index (χ4n) is 1.89. The van der Waals surface area contributed by atoms with Gasteiger partial charge in [0.1, 0.15) is 28.6 Å². The van der Waals surface area contributed by atoms with Crippen LogP contribution in [0.25, 0.3) is 0 Å². The van der Waals surface area contributed by atoms with E-state index in [1.54, 1.807) is 5.40 Å². The van der Waals surface area contributed by atoms with Gasteiger partial charge in [-0.05, 0) is 11.8 Å². The van der Waals surface area contributed by atoms with Crippen LogP contribution in [0.3, 0.4) is 0 Å². The number of nitriles is 1. The molecule has 10 heteroatoms. The number of aromatic nitrogens is 2. The average Bonchev–Trinajstić information content (AvgIpc) is 2.70. The Kier molecular flexibility index (Phi) is 4.26. The fraction of sp³-hybridized carbons (Fsp3) is 0.500. The lowest BCUT2D eigenvalue weighted by atomic mass is 10.1. The highest BCUT2D eigenvalue weighted by Crippen LogP contribution is 2.28. The molecule has 0 saturated carbocycles. The molecule has 0 unspecified atom stereocenters. The second kappa shape index (κ2) is 5.78. The summed E-state index contributed by atoms with van der Waals surface area (Å²) in [6.45, 7) is -0.535. The number of hydrogen-bond acceptors (Lipinski definition) is 8. The SMILES string of the molecule is N#CSc1cn([C@@H]2O[C@H](CO)[C@@H](O)[C@@H]2O)c(=O)[nH]c1=O. The number of aliphatic hydroxyl groups excluding tert-OH is 3. The van der Waals surface area contributed by atoms with E-state index in [-0.39, 0.29) is 4.90 Å². The Morgan fingerprint density at radius 1 is 1.45 bits per heavy atom. The first-order valence-corrected chi connectivity index (χ1v) is 6.35. The van der Waals surface area contributed by atoms with Gasteiger partial charge in [-0.2, -0.15) is 5.26 Å². The minimum atomic E-state index is -1.45. The first-order chi connectivity index (χ1) is 9.49. The summed E-state index contributed by atoms with van der Waals surface area (Å²) in [5.74, 6) is 0. The highest BCUT2D eigenvalue weighted by molar-refractivity contribution is 8.03. The van der Waals surface area contributed by atoms with Gasteiger partial charge in [-0.25, -0.2) is 4.79 Å². The van der Waals surface area contributed by atoms with Gasteiger partial charge in [-0.15, -0.1) is 0 Å². The molecule has 0 radical (unpaired) electrons. The molecule has 20 heavy (non-hydrogen) atoms. The smallest absolute Gasteiger partial charge is 0.330 e. The predicted molar refractivity (Wildman–Crippen MR) is 65.8 cm³/mol. The maximum Gasteiger partial charge on any atom is 0.330 e. The number of hydrogen-bond donors (Lipinski definition) is 4. The molecule has 1 aliphatic rings. The number of thioether (sulfide) groups is 1. The normalized spacial score (nSPS) is 29.3. The van der Waals surface area contributed by atoms with Crippen molar-refractivity contribution in [3.63, 3.8) is 0 Å². The summed E-state index contributed by atoms with van der Waals surface area (Å²) >= 11 is 0.545. The number of aliphatic hydroxyl groups is 3. The van der Waals surface area contributed by atoms with Crippen molar-refractivity contribution in [2.24, 2.45) is 0 Å². The Balaban J connectivity index is 2.43. The minimum absolute atomic E-state index is 0.0511. The molecule has 0 spiro atoms. The largest absolute Gasteiger partial charge is 0.394 e. The molecule has 0 amide bonds. The van der Waals surface area contributed by atoms with E-state index in [9.17, 15) is 19.8 Å². The molecule has 1 saturated heterocycles. The molecule has 1 aliphatic heterocycles. The van der Waals surface area contributed by atoms with E-state index >= 15 is 0 Å². The van der Waals surface area contributed by atoms with Crippen LogP contribution in [0.5, 0.6) is 0 Å². The molecule has 0 aliphatic carbocycles. The van der Waals surface area contributed by atoms with E-state index in [1.165, 1.54) is 0 Å². The van der Waals surface area contributed by atoms with Crippen LogP contribution in [0.2, 0.25) is 0 Å². The Bertz CT molecular complexity index is 650. The van der Waals surface area contributed by atoms with Gasteiger partial charge in [0.25, 0.3) is 5.56 Å². The third-order valence-electron chi connectivity index (χ3n) is 2.88. The molecule has 2 heterocycles. The highest BCUT2D eigenvalue weighted by Gasteiger charge is 2.43. The highest BCUT2D eigenvalue weighted by atomic mass is 32.2. The van der Waals surface area contributed by atoms with Gasteiger partial charge in [0, 0.05) is 6.20 Å². The topological polar surface area (TPSA) is 149 Å². The van der Waals surface area contributed by atoms with Gasteiger partial charge in [0.15, 0.2) is 6.23 Å². The first kappa shape index (κ1) is 14.8. The van der Waals surface area contributed by atoms with E-state index in [4.69, 9.17) is 15.1 Å². The Hall–Kier alpha value is -1.64. The van der Waals surface area contributed by atoms with E-state index in [2.05, 4.69) is 0 Å². The summed E-state index contributed by atoms with van der Waals surface area (Å²) in [5, 5.41) is 38.7. The maximum absolute atomic E-state index is 11.7. The molecule has 108 valence electrons. The molecule has 0 aromatic carbocycles. The Morgan fingerprint density at radius 2 is 2.15 bits per heavy atom. The summed E-state index contributed by atoms with van der Waals surface area (Å²) in [7, 11) is 0. The van der Waals surface area contributed by atoms with Crippen molar-refractivity contribution in [1.82, 2.24) is 9.55 Å². The Morgan fingerprint density at radius 3 is 2.70 bits per heavy atom. The first-order valence-electron chi connectivity index (χ1n) is 5.53. The molecule has 1 fully saturated rings. The second-order valence-electron chi connectivity index (χ2n) is 4.08. The van der Waals surface area contributed by atoms with Crippen LogP contribution in [0.4, 0.5) is 0 Å². The zero-order valence-corrected chi connectivity index (χ0v) is 10.8. The maximum atomic E-state index is 11.7. The van der Waals surface area contributed by atoms with Crippen molar-refractivity contribution < 1.29 is 20.1 Å². The zero-order valence-electron chi connectivity index (χ0n) is 9.96. The summed E-state index contributed by atoms with van der Waals surface area (Å²) < 4.78 is 6.04. The van der Waals surface area contributed by atoms with Crippen LogP contribution < -0.4 is 11.2 Å². The molecular weight excluding hydrogens is 290 g/mol. The van der Waals surface area contributed by atoms with Crippen molar-refractivity contribution in [2.75, 3.05) is 6.61 Å². The summed E-state index contributed by atoms with van der Waals surface area (Å²) in [6, 6.07) is 0. The molecule has 1 aromatic rings. The second-order valence-corrected chi connectivity index (χ2v) is 4.91. The van der Waals surface area contributed by atoms with Crippen LogP contribution in [0, 0.1) is 10.7 Å². The van der Waals surface area contributed by atoms with Crippen molar-refractivity contribution in [3.05, 3.63) is 27.0 Å². The van der Waals surface area contributed by atoms with Crippen LogP contribution >= 0.6 is 11.8 Å². The number of rotatable bonds is 3. The fourth-order valence-corrected chi connectivity index (χ4v) is 2.30. The Labute approximate surface area is 116 Å². The molecule has 2 rings (SSSR count). The van der Waals surface area contributed by atoms with Gasteiger partial charge in [0.05, 0.1) is 6.61 Å². The zero-order chi connectivity index (χ0) is 14.9. The van der Waals surface area contributed by atoms with Crippen molar-refractivity contribution in [1.29, 1.82) is 5.26 Å². The number of aromatic amines is 1. The lowest BCUT2D eigenvalue weighted by Crippen LogP contribution is -2.38. The molecule has 9 nitrogen and oxygen atoms in total. The lowest BCUT2D eigenvalue weighted by Gasteiger charge is -2.17. The van der Waals surface area contributed by atoms with Gasteiger partial charge in [-0.1, -0.05) is 0 Å². The standard InChI is InChI=1S/C10H11N3O6S/c11-3-20-5-1-13(10(18)12-8(5)17)9-7(16)6(15)4(2-14)19-9/h1,4,6-7,9,14-16H,2H2,(H,12,17,18)/t4-,6-,7+,9-/m1/s1. The molecule has 4 N–H and O–H groups in total. The number of ether oxygens (including phenoxy) is 1. The van der Waals surface area contributed by atoms with Gasteiger partial charge in [0.2, 0.25) is 0 Å². The molecule has 1 aromatic heterocycles.